The Balaban J connectivity index is 1.65. The molecule has 0 saturated carbocycles. The fourth-order valence-electron chi connectivity index (χ4n) is 3.33. The van der Waals surface area contributed by atoms with Gasteiger partial charge in [-0.1, -0.05) is 6.42 Å². The Morgan fingerprint density at radius 3 is 3.04 bits per heavy atom. The highest BCUT2D eigenvalue weighted by atomic mass is 32.1. The highest BCUT2D eigenvalue weighted by Gasteiger charge is 2.26. The largest absolute Gasteiger partial charge is 0.343 e. The van der Waals surface area contributed by atoms with Crippen molar-refractivity contribution in [2.24, 2.45) is 0 Å². The predicted octanol–water partition coefficient (Wildman–Crippen LogP) is 3.36. The maximum atomic E-state index is 4.73. The van der Waals surface area contributed by atoms with Crippen LogP contribution in [-0.2, 0) is 6.54 Å². The lowest BCUT2D eigenvalue weighted by Gasteiger charge is -2.35. The lowest BCUT2D eigenvalue weighted by atomic mass is 9.98. The van der Waals surface area contributed by atoms with Crippen molar-refractivity contribution < 1.29 is 0 Å². The van der Waals surface area contributed by atoms with Gasteiger partial charge in [0.1, 0.15) is 11.5 Å². The number of aromatic amines is 1. The first-order valence-electron chi connectivity index (χ1n) is 8.26. The number of imidazole rings is 1. The Hall–Kier alpha value is -2.12. The molecule has 24 heavy (non-hydrogen) atoms. The molecule has 1 aliphatic heterocycles. The van der Waals surface area contributed by atoms with Crippen LogP contribution in [-0.4, -0.2) is 36.4 Å². The summed E-state index contributed by atoms with van der Waals surface area (Å²) in [6.45, 7) is 3.91. The second kappa shape index (κ2) is 6.78. The van der Waals surface area contributed by atoms with Gasteiger partial charge in [0.2, 0.25) is 0 Å². The topological polar surface area (TPSA) is 70.6 Å². The lowest BCUT2D eigenvalue weighted by Crippen LogP contribution is -2.33. The minimum atomic E-state index is 0.316. The van der Waals surface area contributed by atoms with Crippen LogP contribution in [0.15, 0.2) is 29.4 Å². The van der Waals surface area contributed by atoms with Gasteiger partial charge in [-0.3, -0.25) is 4.90 Å². The Kier molecular flexibility index (Phi) is 4.36. The molecule has 0 radical (unpaired) electrons. The van der Waals surface area contributed by atoms with Crippen molar-refractivity contribution >= 4 is 11.3 Å². The number of nitrogens with one attached hydrogen (secondary N) is 1. The van der Waals surface area contributed by atoms with Crippen molar-refractivity contribution in [3.8, 4) is 11.5 Å². The summed E-state index contributed by atoms with van der Waals surface area (Å²) in [6.07, 6.45) is 7.16. The number of aryl methyl sites for hydroxylation is 1. The van der Waals surface area contributed by atoms with E-state index in [1.54, 1.807) is 17.5 Å². The smallest absolute Gasteiger partial charge is 0.156 e. The van der Waals surface area contributed by atoms with Gasteiger partial charge in [-0.15, -0.1) is 11.3 Å². The second-order valence-electron chi connectivity index (χ2n) is 6.12. The van der Waals surface area contributed by atoms with E-state index < -0.39 is 0 Å². The van der Waals surface area contributed by atoms with Crippen LogP contribution in [0, 0.1) is 6.92 Å². The third-order valence-electron chi connectivity index (χ3n) is 4.40. The van der Waals surface area contributed by atoms with E-state index in [4.69, 9.17) is 4.98 Å². The fourth-order valence-corrected chi connectivity index (χ4v) is 3.88. The molecule has 0 aromatic carbocycles. The molecule has 1 aliphatic rings. The van der Waals surface area contributed by atoms with Crippen LogP contribution in [0.4, 0.5) is 0 Å². The predicted molar refractivity (Wildman–Crippen MR) is 93.5 cm³/mol. The number of thiazole rings is 1. The summed E-state index contributed by atoms with van der Waals surface area (Å²) in [6, 6.07) is 2.39. The standard InChI is InChI=1S/C17H20N6S/c1-12-21-14(8-15(22-12)17-18-5-6-19-17)16-4-2-3-7-23(16)9-13-10-24-11-20-13/h5-6,8,10-11,16H,2-4,7,9H2,1H3,(H,18,19)/t16-/m0/s1. The number of nitrogens with zero attached hydrogens (tertiary/aromatic N) is 5. The Bertz CT molecular complexity index is 784. The van der Waals surface area contributed by atoms with Crippen LogP contribution in [0.1, 0.15) is 42.5 Å². The van der Waals surface area contributed by atoms with E-state index in [2.05, 4.69) is 36.3 Å². The zero-order chi connectivity index (χ0) is 16.4. The van der Waals surface area contributed by atoms with Crippen LogP contribution in [0.25, 0.3) is 11.5 Å². The van der Waals surface area contributed by atoms with E-state index in [9.17, 15) is 0 Å². The molecule has 0 unspecified atom stereocenters. The first-order valence-corrected chi connectivity index (χ1v) is 9.20. The zero-order valence-electron chi connectivity index (χ0n) is 13.6. The molecule has 1 saturated heterocycles. The van der Waals surface area contributed by atoms with Gasteiger partial charge < -0.3 is 4.98 Å². The molecule has 0 aliphatic carbocycles. The van der Waals surface area contributed by atoms with Gasteiger partial charge in [-0.2, -0.15) is 0 Å². The maximum absolute atomic E-state index is 4.73. The number of aromatic nitrogens is 5. The van der Waals surface area contributed by atoms with Crippen LogP contribution < -0.4 is 0 Å². The molecule has 7 heteroatoms. The Morgan fingerprint density at radius 2 is 2.25 bits per heavy atom. The summed E-state index contributed by atoms with van der Waals surface area (Å²) in [5, 5.41) is 2.13. The maximum Gasteiger partial charge on any atom is 0.156 e. The SMILES string of the molecule is Cc1nc(-c2ncc[nH]2)cc([C@@H]2CCCCN2Cc2cscn2)n1. The van der Waals surface area contributed by atoms with Crippen molar-refractivity contribution in [3.05, 3.63) is 46.6 Å². The van der Waals surface area contributed by atoms with Crippen molar-refractivity contribution in [2.75, 3.05) is 6.54 Å². The molecule has 3 aromatic rings. The molecule has 1 N–H and O–H groups in total. The summed E-state index contributed by atoms with van der Waals surface area (Å²) in [7, 11) is 0. The third kappa shape index (κ3) is 3.22. The molecule has 1 atom stereocenters. The summed E-state index contributed by atoms with van der Waals surface area (Å²) in [5.41, 5.74) is 4.99. The van der Waals surface area contributed by atoms with Gasteiger partial charge in [-0.25, -0.2) is 19.9 Å². The van der Waals surface area contributed by atoms with E-state index in [0.717, 1.165) is 48.2 Å². The van der Waals surface area contributed by atoms with Gasteiger partial charge in [0.05, 0.1) is 22.9 Å². The molecule has 0 bridgehead atoms. The third-order valence-corrected chi connectivity index (χ3v) is 5.04. The van der Waals surface area contributed by atoms with Crippen LogP contribution >= 0.6 is 11.3 Å². The van der Waals surface area contributed by atoms with E-state index in [-0.39, 0.29) is 0 Å². The number of H-pyrrole nitrogens is 1. The summed E-state index contributed by atoms with van der Waals surface area (Å²) < 4.78 is 0. The molecule has 0 amide bonds. The lowest BCUT2D eigenvalue weighted by molar-refractivity contribution is 0.135. The van der Waals surface area contributed by atoms with Gasteiger partial charge in [0.15, 0.2) is 5.82 Å². The van der Waals surface area contributed by atoms with Crippen LogP contribution in [0.2, 0.25) is 0 Å². The van der Waals surface area contributed by atoms with Gasteiger partial charge in [-0.05, 0) is 32.4 Å². The first kappa shape index (κ1) is 15.4. The van der Waals surface area contributed by atoms with E-state index in [1.165, 1.54) is 12.8 Å². The molecule has 6 nitrogen and oxygen atoms in total. The van der Waals surface area contributed by atoms with Gasteiger partial charge in [0, 0.05) is 24.3 Å². The number of hydrogen-bond donors (Lipinski definition) is 1. The Morgan fingerprint density at radius 1 is 1.29 bits per heavy atom. The highest BCUT2D eigenvalue weighted by molar-refractivity contribution is 7.07. The number of hydrogen-bond acceptors (Lipinski definition) is 6. The molecule has 1 fully saturated rings. The minimum absolute atomic E-state index is 0.316. The first-order chi connectivity index (χ1) is 11.8. The highest BCUT2D eigenvalue weighted by Crippen LogP contribution is 2.32. The molecule has 4 rings (SSSR count). The fraction of sp³-hybridized carbons (Fsp3) is 0.412. The van der Waals surface area contributed by atoms with E-state index in [0.29, 0.717) is 6.04 Å². The molecule has 124 valence electrons. The number of rotatable bonds is 4. The normalized spacial score (nSPS) is 18.8. The number of piperidine rings is 1. The van der Waals surface area contributed by atoms with Crippen molar-refractivity contribution in [3.63, 3.8) is 0 Å². The van der Waals surface area contributed by atoms with Crippen LogP contribution in [0.5, 0.6) is 0 Å². The molecule has 4 heterocycles. The van der Waals surface area contributed by atoms with E-state index in [1.807, 2.05) is 18.6 Å². The summed E-state index contributed by atoms with van der Waals surface area (Å²) in [5.74, 6) is 1.58. The molecule has 3 aromatic heterocycles. The number of likely N-dealkylation sites (tertiary alicyclic amines) is 1. The monoisotopic (exact) mass is 340 g/mol. The average Bonchev–Trinajstić information content (AvgIpc) is 3.28. The van der Waals surface area contributed by atoms with Crippen molar-refractivity contribution in [1.29, 1.82) is 0 Å². The second-order valence-corrected chi connectivity index (χ2v) is 6.84. The van der Waals surface area contributed by atoms with Gasteiger partial charge >= 0.3 is 0 Å². The summed E-state index contributed by atoms with van der Waals surface area (Å²) >= 11 is 1.65. The quantitative estimate of drug-likeness (QED) is 0.788. The molecule has 0 spiro atoms. The zero-order valence-corrected chi connectivity index (χ0v) is 14.5. The van der Waals surface area contributed by atoms with Gasteiger partial charge in [0.25, 0.3) is 0 Å². The molecular formula is C17H20N6S. The minimum Gasteiger partial charge on any atom is -0.343 e. The van der Waals surface area contributed by atoms with Crippen molar-refractivity contribution in [1.82, 2.24) is 29.8 Å². The van der Waals surface area contributed by atoms with E-state index >= 15 is 0 Å². The van der Waals surface area contributed by atoms with Crippen LogP contribution in [0.3, 0.4) is 0 Å². The summed E-state index contributed by atoms with van der Waals surface area (Å²) in [4.78, 5) is 23.7. The Labute approximate surface area is 145 Å². The molecular weight excluding hydrogens is 320 g/mol. The van der Waals surface area contributed by atoms with Crippen molar-refractivity contribution in [2.45, 2.75) is 38.8 Å². The average molecular weight is 340 g/mol.